The van der Waals surface area contributed by atoms with Crippen LogP contribution in [0.3, 0.4) is 0 Å². The van der Waals surface area contributed by atoms with Gasteiger partial charge in [0.25, 0.3) is 0 Å². The van der Waals surface area contributed by atoms with Crippen molar-refractivity contribution in [2.75, 3.05) is 6.61 Å². The lowest BCUT2D eigenvalue weighted by Crippen LogP contribution is -1.93. The fourth-order valence-corrected chi connectivity index (χ4v) is 1.42. The third-order valence-electron chi connectivity index (χ3n) is 2.29. The monoisotopic (exact) mass is 238 g/mol. The summed E-state index contributed by atoms with van der Waals surface area (Å²) >= 11 is 0. The van der Waals surface area contributed by atoms with Crippen LogP contribution in [-0.2, 0) is 0 Å². The second kappa shape index (κ2) is 6.36. The molecule has 0 amide bonds. The van der Waals surface area contributed by atoms with Gasteiger partial charge >= 0.3 is 0 Å². The Bertz CT molecular complexity index is 533. The van der Waals surface area contributed by atoms with Crippen molar-refractivity contribution >= 4 is 0 Å². The fourth-order valence-electron chi connectivity index (χ4n) is 1.42. The summed E-state index contributed by atoms with van der Waals surface area (Å²) in [6.07, 6.45) is 0. The molecule has 0 N–H and O–H groups in total. The predicted octanol–water partition coefficient (Wildman–Crippen LogP) is 3.88. The van der Waals surface area contributed by atoms with Crippen LogP contribution >= 0.6 is 0 Å². The summed E-state index contributed by atoms with van der Waals surface area (Å²) in [4.78, 5) is 0. The van der Waals surface area contributed by atoms with Gasteiger partial charge in [0.2, 0.25) is 0 Å². The van der Waals surface area contributed by atoms with E-state index in [1.54, 1.807) is 6.92 Å². The first kappa shape index (κ1) is 12.1. The Kier molecular flexibility index (Phi) is 4.27. The second-order valence-corrected chi connectivity index (χ2v) is 3.60. The first-order valence-corrected chi connectivity index (χ1v) is 5.74. The lowest BCUT2D eigenvalue weighted by atomic mass is 10.3. The Morgan fingerprint density at radius 1 is 0.833 bits per heavy atom. The number of benzene rings is 2. The summed E-state index contributed by atoms with van der Waals surface area (Å²) in [7, 11) is 0. The normalized spacial score (nSPS) is 9.17. The molecule has 0 aliphatic carbocycles. The summed E-state index contributed by atoms with van der Waals surface area (Å²) in [5.74, 6) is 8.03. The Morgan fingerprint density at radius 3 is 2.11 bits per heavy atom. The van der Waals surface area contributed by atoms with E-state index in [0.29, 0.717) is 6.61 Å². The molecule has 0 saturated carbocycles. The number of ether oxygens (including phenoxy) is 2. The van der Waals surface area contributed by atoms with Crippen LogP contribution in [0.1, 0.15) is 6.92 Å². The smallest absolute Gasteiger partial charge is 0.149 e. The summed E-state index contributed by atoms with van der Waals surface area (Å²) in [6, 6.07) is 17.2. The van der Waals surface area contributed by atoms with Gasteiger partial charge in [-0.25, -0.2) is 0 Å². The van der Waals surface area contributed by atoms with Crippen molar-refractivity contribution in [2.45, 2.75) is 6.92 Å². The molecular formula is C16H14O2. The third kappa shape index (κ3) is 3.57. The molecule has 0 aliphatic heterocycles. The molecule has 0 atom stereocenters. The average molecular weight is 238 g/mol. The number of hydrogen-bond donors (Lipinski definition) is 0. The van der Waals surface area contributed by atoms with E-state index in [0.717, 1.165) is 17.2 Å². The molecule has 0 bridgehead atoms. The topological polar surface area (TPSA) is 18.5 Å². The zero-order valence-corrected chi connectivity index (χ0v) is 10.2. The van der Waals surface area contributed by atoms with Crippen LogP contribution in [0.2, 0.25) is 0 Å². The van der Waals surface area contributed by atoms with Crippen molar-refractivity contribution in [3.8, 4) is 29.1 Å². The molecule has 2 aromatic carbocycles. The molecule has 2 nitrogen and oxygen atoms in total. The van der Waals surface area contributed by atoms with Crippen molar-refractivity contribution in [3.63, 3.8) is 0 Å². The summed E-state index contributed by atoms with van der Waals surface area (Å²) in [5.41, 5.74) is 0. The minimum absolute atomic E-state index is 0.412. The molecule has 0 radical (unpaired) electrons. The highest BCUT2D eigenvalue weighted by Gasteiger charge is 1.97. The van der Waals surface area contributed by atoms with Gasteiger partial charge in [0.05, 0.1) is 0 Å². The van der Waals surface area contributed by atoms with Gasteiger partial charge in [0, 0.05) is 0 Å². The largest absolute Gasteiger partial charge is 0.481 e. The SMILES string of the molecule is CC#CCOc1ccc(Oc2ccccc2)cc1. The van der Waals surface area contributed by atoms with Gasteiger partial charge in [-0.1, -0.05) is 24.1 Å². The summed E-state index contributed by atoms with van der Waals surface area (Å²) in [6.45, 7) is 2.20. The van der Waals surface area contributed by atoms with Gasteiger partial charge in [-0.2, -0.15) is 0 Å². The van der Waals surface area contributed by atoms with Gasteiger partial charge in [-0.3, -0.25) is 0 Å². The van der Waals surface area contributed by atoms with E-state index in [9.17, 15) is 0 Å². The van der Waals surface area contributed by atoms with Crippen molar-refractivity contribution in [2.24, 2.45) is 0 Å². The molecule has 0 spiro atoms. The Labute approximate surface area is 107 Å². The molecule has 0 aliphatic rings. The maximum Gasteiger partial charge on any atom is 0.149 e. The van der Waals surface area contributed by atoms with Crippen LogP contribution < -0.4 is 9.47 Å². The predicted molar refractivity (Wildman–Crippen MR) is 71.9 cm³/mol. The van der Waals surface area contributed by atoms with E-state index in [1.165, 1.54) is 0 Å². The molecular weight excluding hydrogens is 224 g/mol. The lowest BCUT2D eigenvalue weighted by molar-refractivity contribution is 0.369. The first-order chi connectivity index (χ1) is 8.88. The highest BCUT2D eigenvalue weighted by Crippen LogP contribution is 2.23. The molecule has 2 aromatic rings. The Morgan fingerprint density at radius 2 is 1.44 bits per heavy atom. The first-order valence-electron chi connectivity index (χ1n) is 5.74. The zero-order chi connectivity index (χ0) is 12.6. The molecule has 0 fully saturated rings. The number of para-hydroxylation sites is 1. The van der Waals surface area contributed by atoms with E-state index in [1.807, 2.05) is 54.6 Å². The number of hydrogen-bond acceptors (Lipinski definition) is 2. The highest BCUT2D eigenvalue weighted by molar-refractivity contribution is 5.35. The third-order valence-corrected chi connectivity index (χ3v) is 2.29. The van der Waals surface area contributed by atoms with Crippen LogP contribution in [0.5, 0.6) is 17.2 Å². The minimum Gasteiger partial charge on any atom is -0.481 e. The summed E-state index contributed by atoms with van der Waals surface area (Å²) < 4.78 is 11.1. The van der Waals surface area contributed by atoms with E-state index < -0.39 is 0 Å². The molecule has 18 heavy (non-hydrogen) atoms. The molecule has 0 aromatic heterocycles. The number of rotatable bonds is 4. The van der Waals surface area contributed by atoms with Crippen molar-refractivity contribution in [3.05, 3.63) is 54.6 Å². The van der Waals surface area contributed by atoms with Crippen molar-refractivity contribution in [1.29, 1.82) is 0 Å². The van der Waals surface area contributed by atoms with Crippen LogP contribution in [0.15, 0.2) is 54.6 Å². The summed E-state index contributed by atoms with van der Waals surface area (Å²) in [5, 5.41) is 0. The molecule has 2 heteroatoms. The molecule has 2 rings (SSSR count). The van der Waals surface area contributed by atoms with E-state index >= 15 is 0 Å². The van der Waals surface area contributed by atoms with Gasteiger partial charge < -0.3 is 9.47 Å². The van der Waals surface area contributed by atoms with Gasteiger partial charge in [0.15, 0.2) is 0 Å². The van der Waals surface area contributed by atoms with E-state index in [4.69, 9.17) is 9.47 Å². The Hall–Kier alpha value is -2.40. The van der Waals surface area contributed by atoms with Crippen LogP contribution in [0.4, 0.5) is 0 Å². The molecule has 90 valence electrons. The molecule has 0 unspecified atom stereocenters. The Balaban J connectivity index is 1.97. The molecule has 0 saturated heterocycles. The van der Waals surface area contributed by atoms with E-state index in [2.05, 4.69) is 11.8 Å². The lowest BCUT2D eigenvalue weighted by Gasteiger charge is -2.06. The second-order valence-electron chi connectivity index (χ2n) is 3.60. The van der Waals surface area contributed by atoms with Gasteiger partial charge in [0.1, 0.15) is 23.9 Å². The van der Waals surface area contributed by atoms with E-state index in [-0.39, 0.29) is 0 Å². The van der Waals surface area contributed by atoms with Crippen LogP contribution in [0.25, 0.3) is 0 Å². The van der Waals surface area contributed by atoms with Crippen LogP contribution in [-0.4, -0.2) is 6.61 Å². The van der Waals surface area contributed by atoms with Gasteiger partial charge in [-0.15, -0.1) is 5.92 Å². The maximum absolute atomic E-state index is 5.68. The minimum atomic E-state index is 0.412. The van der Waals surface area contributed by atoms with Crippen LogP contribution in [0, 0.1) is 11.8 Å². The zero-order valence-electron chi connectivity index (χ0n) is 10.2. The average Bonchev–Trinajstić information content (AvgIpc) is 2.42. The van der Waals surface area contributed by atoms with Crippen molar-refractivity contribution in [1.82, 2.24) is 0 Å². The maximum atomic E-state index is 5.68. The fraction of sp³-hybridized carbons (Fsp3) is 0.125. The van der Waals surface area contributed by atoms with Crippen molar-refractivity contribution < 1.29 is 9.47 Å². The van der Waals surface area contributed by atoms with Gasteiger partial charge in [-0.05, 0) is 43.3 Å². The highest BCUT2D eigenvalue weighted by atomic mass is 16.5. The molecule has 0 heterocycles. The standard InChI is InChI=1S/C16H14O2/c1-2-3-13-17-14-9-11-16(12-10-14)18-15-7-5-4-6-8-15/h4-12H,13H2,1H3. The quantitative estimate of drug-likeness (QED) is 0.752.